The van der Waals surface area contributed by atoms with E-state index in [-0.39, 0.29) is 11.8 Å². The van der Waals surface area contributed by atoms with Gasteiger partial charge in [-0.2, -0.15) is 8.42 Å². The number of nitrogens with two attached hydrogens (primary N) is 1. The van der Waals surface area contributed by atoms with Gasteiger partial charge in [-0.3, -0.25) is 4.55 Å². The third-order valence-electron chi connectivity index (χ3n) is 3.38. The average Bonchev–Trinajstić information content (AvgIpc) is 2.14. The molecule has 0 aliphatic heterocycles. The second-order valence-electron chi connectivity index (χ2n) is 4.76. The van der Waals surface area contributed by atoms with Gasteiger partial charge in [0.05, 0.1) is 5.75 Å². The summed E-state index contributed by atoms with van der Waals surface area (Å²) in [7, 11) is -3.85. The van der Waals surface area contributed by atoms with Gasteiger partial charge in [0, 0.05) is 6.04 Å². The maximum absolute atomic E-state index is 10.6. The van der Waals surface area contributed by atoms with Gasteiger partial charge in [0.25, 0.3) is 10.1 Å². The molecule has 1 aliphatic carbocycles. The fourth-order valence-electron chi connectivity index (χ4n) is 2.23. The Morgan fingerprint density at radius 3 is 2.33 bits per heavy atom. The van der Waals surface area contributed by atoms with Crippen molar-refractivity contribution in [3.05, 3.63) is 0 Å². The first-order valence-corrected chi connectivity index (χ1v) is 7.20. The van der Waals surface area contributed by atoms with E-state index in [1.807, 2.05) is 0 Å². The number of rotatable bonds is 4. The Morgan fingerprint density at radius 2 is 1.87 bits per heavy atom. The molecule has 0 heterocycles. The van der Waals surface area contributed by atoms with Crippen molar-refractivity contribution in [3.8, 4) is 0 Å². The minimum absolute atomic E-state index is 0.0839. The molecule has 4 nitrogen and oxygen atoms in total. The Kier molecular flexibility index (Phi) is 4.55. The summed E-state index contributed by atoms with van der Waals surface area (Å²) in [5.74, 6) is 0.998. The largest absolute Gasteiger partial charge is 0.327 e. The highest BCUT2D eigenvalue weighted by atomic mass is 32.2. The van der Waals surface area contributed by atoms with Crippen molar-refractivity contribution in [2.75, 3.05) is 5.75 Å². The summed E-state index contributed by atoms with van der Waals surface area (Å²) in [6, 6.07) is -0.0839. The van der Waals surface area contributed by atoms with Crippen LogP contribution in [0.4, 0.5) is 0 Å². The molecule has 1 fully saturated rings. The molecule has 0 spiro atoms. The van der Waals surface area contributed by atoms with Crippen LogP contribution in [0.25, 0.3) is 0 Å². The molecule has 0 bridgehead atoms. The normalized spacial score (nSPS) is 30.1. The van der Waals surface area contributed by atoms with E-state index in [1.165, 1.54) is 12.8 Å². The van der Waals surface area contributed by atoms with Gasteiger partial charge in [-0.05, 0) is 31.1 Å². The van der Waals surface area contributed by atoms with Crippen molar-refractivity contribution in [2.45, 2.75) is 45.1 Å². The highest BCUT2D eigenvalue weighted by Crippen LogP contribution is 2.30. The highest BCUT2D eigenvalue weighted by Gasteiger charge is 2.24. The molecule has 1 aliphatic rings. The quantitative estimate of drug-likeness (QED) is 0.722. The lowest BCUT2D eigenvalue weighted by Crippen LogP contribution is -2.34. The first-order chi connectivity index (χ1) is 6.88. The molecule has 1 atom stereocenters. The van der Waals surface area contributed by atoms with E-state index in [9.17, 15) is 8.42 Å². The molecule has 90 valence electrons. The van der Waals surface area contributed by atoms with Crippen LogP contribution < -0.4 is 5.73 Å². The summed E-state index contributed by atoms with van der Waals surface area (Å²) in [5.41, 5.74) is 5.93. The van der Waals surface area contributed by atoms with Crippen LogP contribution in [-0.2, 0) is 10.1 Å². The molecule has 5 heteroatoms. The van der Waals surface area contributed by atoms with E-state index in [2.05, 4.69) is 6.92 Å². The van der Waals surface area contributed by atoms with Gasteiger partial charge >= 0.3 is 0 Å². The topological polar surface area (TPSA) is 80.4 Å². The SMILES string of the molecule is CC1CCC(C(N)CCS(=O)(=O)O)CC1. The second kappa shape index (κ2) is 5.27. The third-order valence-corrected chi connectivity index (χ3v) is 4.13. The minimum atomic E-state index is -3.85. The number of hydrogen-bond donors (Lipinski definition) is 2. The zero-order chi connectivity index (χ0) is 11.5. The van der Waals surface area contributed by atoms with Crippen LogP contribution in [0.5, 0.6) is 0 Å². The molecule has 1 saturated carbocycles. The first kappa shape index (κ1) is 12.9. The zero-order valence-corrected chi connectivity index (χ0v) is 10.0. The smallest absolute Gasteiger partial charge is 0.264 e. The summed E-state index contributed by atoms with van der Waals surface area (Å²) in [6.45, 7) is 2.24. The predicted octanol–water partition coefficient (Wildman–Crippen LogP) is 1.42. The number of hydrogen-bond acceptors (Lipinski definition) is 3. The first-order valence-electron chi connectivity index (χ1n) is 5.59. The molecule has 3 N–H and O–H groups in total. The molecular weight excluding hydrogens is 214 g/mol. The summed E-state index contributed by atoms with van der Waals surface area (Å²) < 4.78 is 29.8. The molecule has 1 rings (SSSR count). The lowest BCUT2D eigenvalue weighted by Gasteiger charge is -2.30. The van der Waals surface area contributed by atoms with E-state index < -0.39 is 10.1 Å². The maximum Gasteiger partial charge on any atom is 0.264 e. The van der Waals surface area contributed by atoms with E-state index >= 15 is 0 Å². The minimum Gasteiger partial charge on any atom is -0.327 e. The Labute approximate surface area is 92.0 Å². The Hall–Kier alpha value is -0.130. The summed E-state index contributed by atoms with van der Waals surface area (Å²) in [5, 5.41) is 0. The van der Waals surface area contributed by atoms with Gasteiger partial charge in [0.1, 0.15) is 0 Å². The molecule has 15 heavy (non-hydrogen) atoms. The van der Waals surface area contributed by atoms with Gasteiger partial charge < -0.3 is 5.73 Å². The third kappa shape index (κ3) is 4.95. The lowest BCUT2D eigenvalue weighted by atomic mass is 9.79. The molecule has 0 aromatic heterocycles. The van der Waals surface area contributed by atoms with E-state index in [0.29, 0.717) is 12.3 Å². The lowest BCUT2D eigenvalue weighted by molar-refractivity contribution is 0.251. The summed E-state index contributed by atoms with van der Waals surface area (Å²) in [4.78, 5) is 0. The van der Waals surface area contributed by atoms with Gasteiger partial charge in [0.2, 0.25) is 0 Å². The molecule has 1 unspecified atom stereocenters. The summed E-state index contributed by atoms with van der Waals surface area (Å²) >= 11 is 0. The average molecular weight is 235 g/mol. The summed E-state index contributed by atoms with van der Waals surface area (Å²) in [6.07, 6.45) is 4.92. The zero-order valence-electron chi connectivity index (χ0n) is 9.22. The standard InChI is InChI=1S/C10H21NO3S/c1-8-2-4-9(5-3-8)10(11)6-7-15(12,13)14/h8-10H,2-7,11H2,1H3,(H,12,13,14). The maximum atomic E-state index is 10.6. The van der Waals surface area contributed by atoms with Gasteiger partial charge in [-0.15, -0.1) is 0 Å². The van der Waals surface area contributed by atoms with Crippen LogP contribution in [0.1, 0.15) is 39.0 Å². The van der Waals surface area contributed by atoms with Crippen molar-refractivity contribution in [3.63, 3.8) is 0 Å². The van der Waals surface area contributed by atoms with Crippen LogP contribution in [0.2, 0.25) is 0 Å². The Balaban J connectivity index is 2.31. The molecule has 0 radical (unpaired) electrons. The molecule has 0 saturated heterocycles. The van der Waals surface area contributed by atoms with E-state index in [0.717, 1.165) is 18.8 Å². The van der Waals surface area contributed by atoms with Crippen molar-refractivity contribution in [2.24, 2.45) is 17.6 Å². The predicted molar refractivity (Wildman–Crippen MR) is 60.1 cm³/mol. The highest BCUT2D eigenvalue weighted by molar-refractivity contribution is 7.85. The Morgan fingerprint density at radius 1 is 1.33 bits per heavy atom. The second-order valence-corrected chi connectivity index (χ2v) is 6.33. The van der Waals surface area contributed by atoms with E-state index in [1.54, 1.807) is 0 Å². The molecule has 0 aromatic carbocycles. The Bertz CT molecular complexity index is 281. The van der Waals surface area contributed by atoms with Gasteiger partial charge in [-0.25, -0.2) is 0 Å². The van der Waals surface area contributed by atoms with Crippen LogP contribution >= 0.6 is 0 Å². The van der Waals surface area contributed by atoms with Crippen LogP contribution in [0.15, 0.2) is 0 Å². The monoisotopic (exact) mass is 235 g/mol. The fraction of sp³-hybridized carbons (Fsp3) is 1.00. The van der Waals surface area contributed by atoms with Crippen molar-refractivity contribution >= 4 is 10.1 Å². The van der Waals surface area contributed by atoms with Crippen LogP contribution in [0.3, 0.4) is 0 Å². The molecule has 0 aromatic rings. The van der Waals surface area contributed by atoms with Crippen molar-refractivity contribution < 1.29 is 13.0 Å². The van der Waals surface area contributed by atoms with Gasteiger partial charge in [-0.1, -0.05) is 19.8 Å². The fourth-order valence-corrected chi connectivity index (χ4v) is 2.80. The molecular formula is C10H21NO3S. The molecule has 0 amide bonds. The van der Waals surface area contributed by atoms with E-state index in [4.69, 9.17) is 10.3 Å². The van der Waals surface area contributed by atoms with Gasteiger partial charge in [0.15, 0.2) is 0 Å². The van der Waals surface area contributed by atoms with Crippen LogP contribution in [0, 0.1) is 11.8 Å². The van der Waals surface area contributed by atoms with Crippen LogP contribution in [-0.4, -0.2) is 24.8 Å². The van der Waals surface area contributed by atoms with Crippen molar-refractivity contribution in [1.29, 1.82) is 0 Å². The van der Waals surface area contributed by atoms with Crippen molar-refractivity contribution in [1.82, 2.24) is 0 Å².